The third-order valence-corrected chi connectivity index (χ3v) is 3.03. The normalized spacial score (nSPS) is 10.4. The monoisotopic (exact) mass is 332 g/mol. The molecule has 0 aliphatic carbocycles. The largest absolute Gasteiger partial charge is 0.364 e. The number of carbonyl (C=O) groups is 1. The molecule has 0 fully saturated rings. The van der Waals surface area contributed by atoms with Crippen LogP contribution in [0.15, 0.2) is 58.0 Å². The maximum atomic E-state index is 12.0. The highest BCUT2D eigenvalue weighted by molar-refractivity contribution is 9.10. The first-order valence-corrected chi connectivity index (χ1v) is 6.54. The van der Waals surface area contributed by atoms with Crippen molar-refractivity contribution in [2.75, 3.05) is 5.32 Å². The summed E-state index contributed by atoms with van der Waals surface area (Å²) in [6, 6.07) is 8.86. The van der Waals surface area contributed by atoms with Crippen LogP contribution in [-0.2, 0) is 0 Å². The van der Waals surface area contributed by atoms with Crippen LogP contribution >= 0.6 is 15.9 Å². The Morgan fingerprint density at radius 3 is 2.85 bits per heavy atom. The lowest BCUT2D eigenvalue weighted by atomic mass is 10.2. The van der Waals surface area contributed by atoms with E-state index in [1.807, 2.05) is 18.2 Å². The number of hydrogen-bond acceptors (Lipinski definition) is 4. The minimum absolute atomic E-state index is 0.224. The maximum Gasteiger partial charge on any atom is 0.277 e. The molecule has 2 aromatic heterocycles. The van der Waals surface area contributed by atoms with E-state index in [0.29, 0.717) is 5.69 Å². The minimum Gasteiger partial charge on any atom is -0.364 e. The van der Waals surface area contributed by atoms with Crippen molar-refractivity contribution in [3.05, 3.63) is 59.2 Å². The number of halogens is 1. The Balaban J connectivity index is 1.92. The number of hydrogen-bond donors (Lipinski definition) is 1. The summed E-state index contributed by atoms with van der Waals surface area (Å²) in [5.74, 6) is -0.336. The zero-order valence-electron chi connectivity index (χ0n) is 10.2. The van der Waals surface area contributed by atoms with E-state index in [9.17, 15) is 4.79 Å². The van der Waals surface area contributed by atoms with E-state index in [4.69, 9.17) is 0 Å². The molecule has 3 rings (SSSR count). The topological polar surface area (TPSA) is 73.0 Å². The zero-order valence-corrected chi connectivity index (χ0v) is 11.7. The fraction of sp³-hybridized carbons (Fsp3) is 0. The molecule has 1 amide bonds. The summed E-state index contributed by atoms with van der Waals surface area (Å²) in [7, 11) is 0. The second-order valence-electron chi connectivity index (χ2n) is 3.96. The molecule has 0 saturated heterocycles. The van der Waals surface area contributed by atoms with Crippen LogP contribution in [0.25, 0.3) is 5.69 Å². The van der Waals surface area contributed by atoms with Crippen LogP contribution in [0.4, 0.5) is 5.69 Å². The van der Waals surface area contributed by atoms with Gasteiger partial charge in [-0.05, 0) is 28.1 Å². The second-order valence-corrected chi connectivity index (χ2v) is 4.87. The van der Waals surface area contributed by atoms with Crippen LogP contribution in [0.1, 0.15) is 10.5 Å². The first-order chi connectivity index (χ1) is 9.74. The van der Waals surface area contributed by atoms with Gasteiger partial charge in [0, 0.05) is 12.3 Å². The lowest BCUT2D eigenvalue weighted by molar-refractivity contribution is 0.101. The highest BCUT2D eigenvalue weighted by atomic mass is 79.9. The molecule has 0 saturated carbocycles. The van der Waals surface area contributed by atoms with Gasteiger partial charge in [0.15, 0.2) is 5.69 Å². The molecule has 1 N–H and O–H groups in total. The summed E-state index contributed by atoms with van der Waals surface area (Å²) < 4.78 is 7.18. The predicted octanol–water partition coefficient (Wildman–Crippen LogP) is 2.88. The van der Waals surface area contributed by atoms with Crippen molar-refractivity contribution in [1.29, 1.82) is 0 Å². The minimum atomic E-state index is -0.336. The van der Waals surface area contributed by atoms with Crippen molar-refractivity contribution < 1.29 is 9.32 Å². The molecule has 1 aromatic carbocycles. The lowest BCUT2D eigenvalue weighted by Crippen LogP contribution is -2.14. The zero-order chi connectivity index (χ0) is 13.9. The average molecular weight is 333 g/mol. The highest BCUT2D eigenvalue weighted by Gasteiger charge is 2.12. The summed E-state index contributed by atoms with van der Waals surface area (Å²) in [5, 5.41) is 10.6. The number of rotatable bonds is 3. The number of anilines is 1. The summed E-state index contributed by atoms with van der Waals surface area (Å²) >= 11 is 3.34. The quantitative estimate of drug-likeness (QED) is 0.800. The second kappa shape index (κ2) is 5.30. The Morgan fingerprint density at radius 1 is 1.30 bits per heavy atom. The molecular weight excluding hydrogens is 324 g/mol. The van der Waals surface area contributed by atoms with Crippen LogP contribution in [-0.4, -0.2) is 20.8 Å². The van der Waals surface area contributed by atoms with Gasteiger partial charge in [0.1, 0.15) is 6.26 Å². The summed E-state index contributed by atoms with van der Waals surface area (Å²) in [4.78, 5) is 12.0. The lowest BCUT2D eigenvalue weighted by Gasteiger charge is -2.09. The Labute approximate surface area is 122 Å². The van der Waals surface area contributed by atoms with Crippen LogP contribution in [0.5, 0.6) is 0 Å². The third kappa shape index (κ3) is 2.48. The molecular formula is C13H9BrN4O2. The summed E-state index contributed by atoms with van der Waals surface area (Å²) in [5.41, 5.74) is 1.62. The van der Waals surface area contributed by atoms with E-state index >= 15 is 0 Å². The van der Waals surface area contributed by atoms with E-state index in [1.165, 1.54) is 12.3 Å². The molecule has 0 atom stereocenters. The highest BCUT2D eigenvalue weighted by Crippen LogP contribution is 2.21. The summed E-state index contributed by atoms with van der Waals surface area (Å²) in [6.45, 7) is 0. The number of carbonyl (C=O) groups excluding carboxylic acids is 1. The molecule has 0 spiro atoms. The van der Waals surface area contributed by atoms with Gasteiger partial charge in [-0.3, -0.25) is 4.79 Å². The molecule has 3 aromatic rings. The molecule has 0 aliphatic heterocycles. The first kappa shape index (κ1) is 12.6. The number of aromatic nitrogens is 3. The standard InChI is InChI=1S/C13H9BrN4O2/c14-9-7-15-18(8-9)12-4-2-1-3-10(12)16-13(19)11-5-6-20-17-11/h1-8H,(H,16,19). The number of nitrogens with zero attached hydrogens (tertiary/aromatic N) is 3. The smallest absolute Gasteiger partial charge is 0.277 e. The van der Waals surface area contributed by atoms with Crippen molar-refractivity contribution >= 4 is 27.5 Å². The fourth-order valence-electron chi connectivity index (χ4n) is 1.73. The van der Waals surface area contributed by atoms with Gasteiger partial charge in [0.25, 0.3) is 5.91 Å². The van der Waals surface area contributed by atoms with Crippen molar-refractivity contribution in [2.24, 2.45) is 0 Å². The number of nitrogens with one attached hydrogen (secondary N) is 1. The van der Waals surface area contributed by atoms with Crippen LogP contribution in [0.3, 0.4) is 0 Å². The van der Waals surface area contributed by atoms with Crippen LogP contribution < -0.4 is 5.32 Å². The molecule has 20 heavy (non-hydrogen) atoms. The van der Waals surface area contributed by atoms with Gasteiger partial charge in [-0.25, -0.2) is 4.68 Å². The van der Waals surface area contributed by atoms with Gasteiger partial charge in [-0.2, -0.15) is 5.10 Å². The summed E-state index contributed by atoms with van der Waals surface area (Å²) in [6.07, 6.45) is 4.84. The Bertz CT molecular complexity index is 736. The molecule has 0 bridgehead atoms. The average Bonchev–Trinajstić information content (AvgIpc) is 3.10. The molecule has 100 valence electrons. The Morgan fingerprint density at radius 2 is 2.15 bits per heavy atom. The molecule has 0 unspecified atom stereocenters. The van der Waals surface area contributed by atoms with Gasteiger partial charge >= 0.3 is 0 Å². The van der Waals surface area contributed by atoms with Gasteiger partial charge in [0.2, 0.25) is 0 Å². The van der Waals surface area contributed by atoms with Gasteiger partial charge < -0.3 is 9.84 Å². The third-order valence-electron chi connectivity index (χ3n) is 2.62. The van der Waals surface area contributed by atoms with Crippen molar-refractivity contribution in [1.82, 2.24) is 14.9 Å². The first-order valence-electron chi connectivity index (χ1n) is 5.75. The van der Waals surface area contributed by atoms with E-state index in [0.717, 1.165) is 10.2 Å². The SMILES string of the molecule is O=C(Nc1ccccc1-n1cc(Br)cn1)c1ccon1. The Kier molecular flexibility index (Phi) is 3.34. The fourth-order valence-corrected chi connectivity index (χ4v) is 2.01. The van der Waals surface area contributed by atoms with Gasteiger partial charge in [-0.15, -0.1) is 0 Å². The van der Waals surface area contributed by atoms with E-state index in [1.54, 1.807) is 23.1 Å². The van der Waals surface area contributed by atoms with E-state index in [2.05, 4.69) is 36.0 Å². The van der Waals surface area contributed by atoms with Crippen molar-refractivity contribution in [2.45, 2.75) is 0 Å². The molecule has 6 nitrogen and oxygen atoms in total. The molecule has 0 aliphatic rings. The number of para-hydroxylation sites is 2. The van der Waals surface area contributed by atoms with E-state index < -0.39 is 0 Å². The van der Waals surface area contributed by atoms with E-state index in [-0.39, 0.29) is 11.6 Å². The van der Waals surface area contributed by atoms with Gasteiger partial charge in [0.05, 0.1) is 22.0 Å². The van der Waals surface area contributed by atoms with Crippen LogP contribution in [0.2, 0.25) is 0 Å². The van der Waals surface area contributed by atoms with Gasteiger partial charge in [-0.1, -0.05) is 17.3 Å². The van der Waals surface area contributed by atoms with Crippen molar-refractivity contribution in [3.63, 3.8) is 0 Å². The molecule has 7 heteroatoms. The molecule has 0 radical (unpaired) electrons. The van der Waals surface area contributed by atoms with Crippen molar-refractivity contribution in [3.8, 4) is 5.69 Å². The maximum absolute atomic E-state index is 12.0. The van der Waals surface area contributed by atoms with Crippen LogP contribution in [0, 0.1) is 0 Å². The number of amides is 1. The predicted molar refractivity (Wildman–Crippen MR) is 75.7 cm³/mol. The Hall–Kier alpha value is -2.41. The molecule has 2 heterocycles. The number of benzene rings is 1.